The zero-order valence-electron chi connectivity index (χ0n) is 23.6. The summed E-state index contributed by atoms with van der Waals surface area (Å²) < 4.78 is 66.1. The summed E-state index contributed by atoms with van der Waals surface area (Å²) in [5.74, 6) is -5.14. The third-order valence-electron chi connectivity index (χ3n) is 6.96. The van der Waals surface area contributed by atoms with Crippen molar-refractivity contribution >= 4 is 11.9 Å². The van der Waals surface area contributed by atoms with Crippen molar-refractivity contribution in [1.29, 1.82) is 0 Å². The van der Waals surface area contributed by atoms with Crippen molar-refractivity contribution in [1.82, 2.24) is 0 Å². The van der Waals surface area contributed by atoms with E-state index >= 15 is 0 Å². The van der Waals surface area contributed by atoms with Gasteiger partial charge in [0.15, 0.2) is 0 Å². The first-order chi connectivity index (χ1) is 21.1. The lowest BCUT2D eigenvalue weighted by Gasteiger charge is -2.12. The average molecular weight is 611 g/mol. The zero-order chi connectivity index (χ0) is 31.6. The summed E-state index contributed by atoms with van der Waals surface area (Å²) in [6, 6.07) is 14.8. The first kappa shape index (κ1) is 32.1. The Morgan fingerprint density at radius 3 is 1.27 bits per heavy atom. The fourth-order valence-corrected chi connectivity index (χ4v) is 4.70. The number of rotatable bonds is 15. The highest BCUT2D eigenvalue weighted by atomic mass is 19.1. The molecule has 44 heavy (non-hydrogen) atoms. The standard InChI is InChI=1S/C34H30F4O6/c35-23-9-11-25(29(37)19-23)21-7-13-31(27(17-21)33(39)40)43-15-5-3-1-2-4-6-16-44-32-14-8-22(18-28(32)34(41)42)26-12-10-24(36)20-30(26)38/h7-14,17-20H,1-6,15-16H2,(H,39,40)(H,41,42). The average Bonchev–Trinajstić information content (AvgIpc) is 2.98. The van der Waals surface area contributed by atoms with Gasteiger partial charge in [-0.05, 0) is 72.5 Å². The molecule has 0 heterocycles. The van der Waals surface area contributed by atoms with Crippen LogP contribution < -0.4 is 9.47 Å². The smallest absolute Gasteiger partial charge is 0.339 e. The Kier molecular flexibility index (Phi) is 11.0. The molecule has 4 aromatic carbocycles. The normalized spacial score (nSPS) is 10.9. The zero-order valence-corrected chi connectivity index (χ0v) is 23.6. The molecule has 4 rings (SSSR count). The molecule has 0 amide bonds. The number of carbonyl (C=O) groups is 2. The minimum absolute atomic E-state index is 0.0876. The summed E-state index contributed by atoms with van der Waals surface area (Å²) >= 11 is 0. The van der Waals surface area contributed by atoms with Crippen LogP contribution in [0.5, 0.6) is 11.5 Å². The molecule has 6 nitrogen and oxygen atoms in total. The van der Waals surface area contributed by atoms with Crippen LogP contribution in [0.1, 0.15) is 59.2 Å². The summed E-state index contributed by atoms with van der Waals surface area (Å²) in [5, 5.41) is 19.2. The van der Waals surface area contributed by atoms with Gasteiger partial charge in [0.05, 0.1) is 13.2 Å². The number of halogens is 4. The molecule has 0 atom stereocenters. The third-order valence-corrected chi connectivity index (χ3v) is 6.96. The molecule has 10 heteroatoms. The van der Waals surface area contributed by atoms with Gasteiger partial charge < -0.3 is 19.7 Å². The molecule has 0 spiro atoms. The number of hydrogen-bond acceptors (Lipinski definition) is 4. The van der Waals surface area contributed by atoms with Crippen molar-refractivity contribution in [2.24, 2.45) is 0 Å². The van der Waals surface area contributed by atoms with E-state index in [1.54, 1.807) is 0 Å². The molecule has 0 saturated carbocycles. The third kappa shape index (κ3) is 8.37. The molecule has 0 aromatic heterocycles. The molecule has 230 valence electrons. The molecular formula is C34H30F4O6. The predicted molar refractivity (Wildman–Crippen MR) is 156 cm³/mol. The van der Waals surface area contributed by atoms with E-state index in [1.807, 2.05) is 0 Å². The Labute approximate surface area is 251 Å². The fraction of sp³-hybridized carbons (Fsp3) is 0.235. The summed E-state index contributed by atoms with van der Waals surface area (Å²) in [6.07, 6.45) is 4.85. The summed E-state index contributed by atoms with van der Waals surface area (Å²) in [6.45, 7) is 0.590. The van der Waals surface area contributed by atoms with E-state index in [4.69, 9.17) is 9.47 Å². The highest BCUT2D eigenvalue weighted by Crippen LogP contribution is 2.31. The van der Waals surface area contributed by atoms with E-state index in [0.29, 0.717) is 37.2 Å². The second kappa shape index (κ2) is 15.0. The van der Waals surface area contributed by atoms with Crippen LogP contribution in [0, 0.1) is 23.3 Å². The van der Waals surface area contributed by atoms with Crippen LogP contribution in [0.4, 0.5) is 17.6 Å². The maximum Gasteiger partial charge on any atom is 0.339 e. The summed E-state index contributed by atoms with van der Waals surface area (Å²) in [4.78, 5) is 23.5. The molecule has 0 radical (unpaired) electrons. The molecule has 0 unspecified atom stereocenters. The molecule has 4 aromatic rings. The van der Waals surface area contributed by atoms with Crippen LogP contribution in [0.3, 0.4) is 0 Å². The largest absolute Gasteiger partial charge is 0.493 e. The number of carboxylic acids is 2. The van der Waals surface area contributed by atoms with Crippen LogP contribution in [0.15, 0.2) is 72.8 Å². The highest BCUT2D eigenvalue weighted by molar-refractivity contribution is 5.93. The van der Waals surface area contributed by atoms with Crippen molar-refractivity contribution in [2.45, 2.75) is 38.5 Å². The summed E-state index contributed by atoms with van der Waals surface area (Å²) in [5.41, 5.74) is 0.541. The van der Waals surface area contributed by atoms with E-state index in [0.717, 1.165) is 49.9 Å². The molecule has 0 bridgehead atoms. The molecule has 0 saturated heterocycles. The van der Waals surface area contributed by atoms with E-state index in [2.05, 4.69) is 0 Å². The first-order valence-corrected chi connectivity index (χ1v) is 14.0. The highest BCUT2D eigenvalue weighted by Gasteiger charge is 2.17. The quantitative estimate of drug-likeness (QED) is 0.103. The van der Waals surface area contributed by atoms with E-state index in [-0.39, 0.29) is 33.8 Å². The van der Waals surface area contributed by atoms with Crippen molar-refractivity contribution in [2.75, 3.05) is 13.2 Å². The molecule has 2 N–H and O–H groups in total. The Morgan fingerprint density at radius 1 is 0.523 bits per heavy atom. The predicted octanol–water partition coefficient (Wildman–Crippen LogP) is 8.77. The van der Waals surface area contributed by atoms with Gasteiger partial charge in [-0.3, -0.25) is 0 Å². The Bertz CT molecular complexity index is 1520. The Balaban J connectivity index is 1.17. The minimum Gasteiger partial charge on any atom is -0.493 e. The van der Waals surface area contributed by atoms with Gasteiger partial charge in [-0.1, -0.05) is 37.8 Å². The second-order valence-corrected chi connectivity index (χ2v) is 10.1. The Morgan fingerprint density at radius 2 is 0.909 bits per heavy atom. The molecular weight excluding hydrogens is 580 g/mol. The van der Waals surface area contributed by atoms with E-state index < -0.39 is 35.2 Å². The molecule has 0 aliphatic rings. The molecule has 0 aliphatic heterocycles. The van der Waals surface area contributed by atoms with E-state index in [1.165, 1.54) is 48.5 Å². The maximum atomic E-state index is 14.1. The number of ether oxygens (including phenoxy) is 2. The van der Waals surface area contributed by atoms with Gasteiger partial charge in [0.1, 0.15) is 45.9 Å². The lowest BCUT2D eigenvalue weighted by atomic mass is 10.0. The lowest BCUT2D eigenvalue weighted by Crippen LogP contribution is -2.05. The Hall–Kier alpha value is -4.86. The van der Waals surface area contributed by atoms with E-state index in [9.17, 15) is 37.4 Å². The monoisotopic (exact) mass is 610 g/mol. The molecule has 0 fully saturated rings. The number of aromatic carboxylic acids is 2. The minimum atomic E-state index is -1.22. The van der Waals surface area contributed by atoms with Gasteiger partial charge in [0.2, 0.25) is 0 Å². The number of benzene rings is 4. The van der Waals surface area contributed by atoms with Crippen LogP contribution in [0.25, 0.3) is 22.3 Å². The van der Waals surface area contributed by atoms with Crippen LogP contribution in [-0.2, 0) is 0 Å². The molecule has 0 aliphatic carbocycles. The van der Waals surface area contributed by atoms with Crippen LogP contribution >= 0.6 is 0 Å². The van der Waals surface area contributed by atoms with Gasteiger partial charge in [-0.25, -0.2) is 27.2 Å². The van der Waals surface area contributed by atoms with Crippen LogP contribution in [0.2, 0.25) is 0 Å². The SMILES string of the molecule is O=C(O)c1cc(-c2ccc(F)cc2F)ccc1OCCCCCCCCOc1ccc(-c2ccc(F)cc2F)cc1C(=O)O. The number of unbranched alkanes of at least 4 members (excludes halogenated alkanes) is 5. The number of carboxylic acid groups (broad SMARTS) is 2. The second-order valence-electron chi connectivity index (χ2n) is 10.1. The van der Waals surface area contributed by atoms with Crippen LogP contribution in [-0.4, -0.2) is 35.4 Å². The first-order valence-electron chi connectivity index (χ1n) is 14.0. The van der Waals surface area contributed by atoms with Gasteiger partial charge in [-0.15, -0.1) is 0 Å². The maximum absolute atomic E-state index is 14.1. The van der Waals surface area contributed by atoms with Crippen molar-refractivity contribution in [3.05, 3.63) is 107 Å². The van der Waals surface area contributed by atoms with Gasteiger partial charge >= 0.3 is 11.9 Å². The van der Waals surface area contributed by atoms with Crippen molar-refractivity contribution in [3.63, 3.8) is 0 Å². The van der Waals surface area contributed by atoms with Gasteiger partial charge in [-0.2, -0.15) is 0 Å². The van der Waals surface area contributed by atoms with Crippen molar-refractivity contribution < 1.29 is 46.8 Å². The van der Waals surface area contributed by atoms with Crippen molar-refractivity contribution in [3.8, 4) is 33.8 Å². The van der Waals surface area contributed by atoms with Gasteiger partial charge in [0, 0.05) is 23.3 Å². The lowest BCUT2D eigenvalue weighted by molar-refractivity contribution is 0.0681. The summed E-state index contributed by atoms with van der Waals surface area (Å²) in [7, 11) is 0. The topological polar surface area (TPSA) is 93.1 Å². The van der Waals surface area contributed by atoms with Gasteiger partial charge in [0.25, 0.3) is 0 Å². The number of hydrogen-bond donors (Lipinski definition) is 2. The fourth-order valence-electron chi connectivity index (χ4n) is 4.70.